The van der Waals surface area contributed by atoms with Gasteiger partial charge in [0.2, 0.25) is 0 Å². The summed E-state index contributed by atoms with van der Waals surface area (Å²) in [5, 5.41) is 10.5. The number of hydrogen-bond donors (Lipinski definition) is 1. The maximum absolute atomic E-state index is 10.5. The molecule has 1 saturated heterocycles. The lowest BCUT2D eigenvalue weighted by molar-refractivity contribution is 0.0478. The van der Waals surface area contributed by atoms with Crippen molar-refractivity contribution in [3.8, 4) is 11.5 Å². The number of likely N-dealkylation sites (tertiary alicyclic amines) is 1. The van der Waals surface area contributed by atoms with Crippen molar-refractivity contribution in [1.82, 2.24) is 14.5 Å². The van der Waals surface area contributed by atoms with Gasteiger partial charge >= 0.3 is 0 Å². The first-order valence-corrected chi connectivity index (χ1v) is 8.82. The van der Waals surface area contributed by atoms with Crippen LogP contribution in [0.2, 0.25) is 0 Å². The summed E-state index contributed by atoms with van der Waals surface area (Å²) in [6.45, 7) is 3.53. The van der Waals surface area contributed by atoms with Crippen LogP contribution in [0.5, 0.6) is 11.5 Å². The van der Waals surface area contributed by atoms with Gasteiger partial charge in [0.25, 0.3) is 0 Å². The first kappa shape index (κ1) is 17.8. The largest absolute Gasteiger partial charge is 0.497 e. The summed E-state index contributed by atoms with van der Waals surface area (Å²) in [6.07, 6.45) is 5.11. The molecule has 1 fully saturated rings. The van der Waals surface area contributed by atoms with E-state index in [9.17, 15) is 5.11 Å². The SMILES string of the molecule is COc1ccc(OCCN2CCC([C@H](O)c3nccn3C)CC2)cc1. The lowest BCUT2D eigenvalue weighted by Gasteiger charge is -2.33. The third-order valence-electron chi connectivity index (χ3n) is 4.94. The molecule has 0 unspecified atom stereocenters. The lowest BCUT2D eigenvalue weighted by Crippen LogP contribution is -2.38. The Kier molecular flexibility index (Phi) is 5.94. The van der Waals surface area contributed by atoms with Gasteiger partial charge in [-0.15, -0.1) is 0 Å². The summed E-state index contributed by atoms with van der Waals surface area (Å²) >= 11 is 0. The molecule has 1 aromatic heterocycles. The minimum Gasteiger partial charge on any atom is -0.497 e. The standard InChI is InChI=1S/C19H27N3O3/c1-21-12-9-20-19(21)18(23)15-7-10-22(11-8-15)13-14-25-17-5-3-16(24-2)4-6-17/h3-6,9,12,15,18,23H,7-8,10-11,13-14H2,1-2H3/t18-/m0/s1. The topological polar surface area (TPSA) is 59.8 Å². The molecule has 1 aliphatic rings. The number of aliphatic hydroxyl groups excluding tert-OH is 1. The smallest absolute Gasteiger partial charge is 0.137 e. The van der Waals surface area contributed by atoms with Gasteiger partial charge in [-0.25, -0.2) is 4.98 Å². The van der Waals surface area contributed by atoms with Gasteiger partial charge in [-0.2, -0.15) is 0 Å². The molecular weight excluding hydrogens is 318 g/mol. The third kappa shape index (κ3) is 4.52. The molecule has 6 heteroatoms. The number of methoxy groups -OCH3 is 1. The Hall–Kier alpha value is -2.05. The number of rotatable bonds is 7. The predicted molar refractivity (Wildman–Crippen MR) is 95.8 cm³/mol. The summed E-state index contributed by atoms with van der Waals surface area (Å²) in [4.78, 5) is 6.67. The van der Waals surface area contributed by atoms with E-state index in [2.05, 4.69) is 9.88 Å². The highest BCUT2D eigenvalue weighted by Crippen LogP contribution is 2.29. The van der Waals surface area contributed by atoms with Crippen LogP contribution in [0.1, 0.15) is 24.8 Å². The Bertz CT molecular complexity index is 648. The van der Waals surface area contributed by atoms with Gasteiger partial charge in [0.05, 0.1) is 7.11 Å². The van der Waals surface area contributed by atoms with Crippen molar-refractivity contribution in [3.63, 3.8) is 0 Å². The van der Waals surface area contributed by atoms with Crippen molar-refractivity contribution in [2.45, 2.75) is 18.9 Å². The Morgan fingerprint density at radius 2 is 1.88 bits per heavy atom. The quantitative estimate of drug-likeness (QED) is 0.834. The van der Waals surface area contributed by atoms with Crippen molar-refractivity contribution in [2.75, 3.05) is 33.4 Å². The Morgan fingerprint density at radius 1 is 1.20 bits per heavy atom. The molecule has 3 rings (SSSR count). The van der Waals surface area contributed by atoms with Gasteiger partial charge in [0.1, 0.15) is 30.0 Å². The highest BCUT2D eigenvalue weighted by molar-refractivity contribution is 5.31. The van der Waals surface area contributed by atoms with E-state index in [0.29, 0.717) is 6.61 Å². The fraction of sp³-hybridized carbons (Fsp3) is 0.526. The van der Waals surface area contributed by atoms with Crippen molar-refractivity contribution in [3.05, 3.63) is 42.5 Å². The summed E-state index contributed by atoms with van der Waals surface area (Å²) in [5.41, 5.74) is 0. The first-order valence-electron chi connectivity index (χ1n) is 8.82. The molecule has 0 bridgehead atoms. The zero-order valence-corrected chi connectivity index (χ0v) is 15.0. The first-order chi connectivity index (χ1) is 12.2. The zero-order valence-electron chi connectivity index (χ0n) is 15.0. The van der Waals surface area contributed by atoms with Crippen molar-refractivity contribution in [1.29, 1.82) is 0 Å². The molecule has 136 valence electrons. The fourth-order valence-electron chi connectivity index (χ4n) is 3.33. The van der Waals surface area contributed by atoms with Crippen LogP contribution in [0.25, 0.3) is 0 Å². The van der Waals surface area contributed by atoms with Crippen molar-refractivity contribution >= 4 is 0 Å². The molecule has 6 nitrogen and oxygen atoms in total. The second kappa shape index (κ2) is 8.36. The lowest BCUT2D eigenvalue weighted by atomic mass is 9.91. The normalized spacial score (nSPS) is 17.4. The van der Waals surface area contributed by atoms with Crippen LogP contribution in [0.3, 0.4) is 0 Å². The molecule has 0 spiro atoms. The van der Waals surface area contributed by atoms with E-state index in [1.807, 2.05) is 42.1 Å². The van der Waals surface area contributed by atoms with E-state index in [-0.39, 0.29) is 5.92 Å². The van der Waals surface area contributed by atoms with Gasteiger partial charge in [-0.05, 0) is 56.1 Å². The number of hydrogen-bond acceptors (Lipinski definition) is 5. The van der Waals surface area contributed by atoms with Gasteiger partial charge < -0.3 is 19.1 Å². The minimum atomic E-state index is -0.474. The Balaban J connectivity index is 1.39. The Labute approximate surface area is 149 Å². The monoisotopic (exact) mass is 345 g/mol. The number of benzene rings is 1. The fourth-order valence-corrected chi connectivity index (χ4v) is 3.33. The number of aryl methyl sites for hydroxylation is 1. The van der Waals surface area contributed by atoms with Crippen LogP contribution in [0.15, 0.2) is 36.7 Å². The van der Waals surface area contributed by atoms with Gasteiger partial charge in [0.15, 0.2) is 0 Å². The van der Waals surface area contributed by atoms with Crippen LogP contribution >= 0.6 is 0 Å². The van der Waals surface area contributed by atoms with Crippen LogP contribution in [-0.4, -0.2) is 52.9 Å². The van der Waals surface area contributed by atoms with Crippen LogP contribution in [0, 0.1) is 5.92 Å². The molecule has 1 N–H and O–H groups in total. The van der Waals surface area contributed by atoms with E-state index in [4.69, 9.17) is 9.47 Å². The average Bonchev–Trinajstić information content (AvgIpc) is 3.08. The van der Waals surface area contributed by atoms with Crippen molar-refractivity contribution < 1.29 is 14.6 Å². The van der Waals surface area contributed by atoms with E-state index in [1.54, 1.807) is 13.3 Å². The molecule has 1 aromatic carbocycles. The minimum absolute atomic E-state index is 0.278. The molecule has 2 aromatic rings. The van der Waals surface area contributed by atoms with Gasteiger partial charge in [-0.1, -0.05) is 0 Å². The number of piperidine rings is 1. The molecule has 1 aliphatic heterocycles. The second-order valence-electron chi connectivity index (χ2n) is 6.54. The number of imidazole rings is 1. The molecule has 0 aliphatic carbocycles. The number of aliphatic hydroxyl groups is 1. The van der Waals surface area contributed by atoms with E-state index >= 15 is 0 Å². The molecule has 0 radical (unpaired) electrons. The van der Waals surface area contributed by atoms with E-state index < -0.39 is 6.10 Å². The van der Waals surface area contributed by atoms with Gasteiger partial charge in [-0.3, -0.25) is 4.90 Å². The molecular formula is C19H27N3O3. The van der Waals surface area contributed by atoms with E-state index in [0.717, 1.165) is 49.8 Å². The molecule has 0 amide bonds. The average molecular weight is 345 g/mol. The van der Waals surface area contributed by atoms with E-state index in [1.165, 1.54) is 0 Å². The number of aromatic nitrogens is 2. The third-order valence-corrected chi connectivity index (χ3v) is 4.94. The van der Waals surface area contributed by atoms with Crippen LogP contribution < -0.4 is 9.47 Å². The maximum atomic E-state index is 10.5. The van der Waals surface area contributed by atoms with Gasteiger partial charge in [0, 0.05) is 26.0 Å². The molecule has 25 heavy (non-hydrogen) atoms. The number of ether oxygens (including phenoxy) is 2. The molecule has 1 atom stereocenters. The summed E-state index contributed by atoms with van der Waals surface area (Å²) in [7, 11) is 3.58. The maximum Gasteiger partial charge on any atom is 0.137 e. The number of nitrogens with zero attached hydrogens (tertiary/aromatic N) is 3. The Morgan fingerprint density at radius 3 is 2.48 bits per heavy atom. The zero-order chi connectivity index (χ0) is 17.6. The van der Waals surface area contributed by atoms with Crippen LogP contribution in [0.4, 0.5) is 0 Å². The highest BCUT2D eigenvalue weighted by atomic mass is 16.5. The highest BCUT2D eigenvalue weighted by Gasteiger charge is 2.28. The summed E-state index contributed by atoms with van der Waals surface area (Å²) in [6, 6.07) is 7.65. The van der Waals surface area contributed by atoms with Crippen LogP contribution in [-0.2, 0) is 7.05 Å². The summed E-state index contributed by atoms with van der Waals surface area (Å²) < 4.78 is 12.8. The summed E-state index contributed by atoms with van der Waals surface area (Å²) in [5.74, 6) is 2.74. The molecule has 0 saturated carbocycles. The second-order valence-corrected chi connectivity index (χ2v) is 6.54. The predicted octanol–water partition coefficient (Wildman–Crippen LogP) is 2.25. The molecule has 2 heterocycles. The van der Waals surface area contributed by atoms with Crippen molar-refractivity contribution in [2.24, 2.45) is 13.0 Å².